The van der Waals surface area contributed by atoms with E-state index >= 15 is 0 Å². The van der Waals surface area contributed by atoms with Gasteiger partial charge in [-0.05, 0) is 13.8 Å². The van der Waals surface area contributed by atoms with Crippen LogP contribution in [0.2, 0.25) is 0 Å². The van der Waals surface area contributed by atoms with E-state index in [0.717, 1.165) is 0 Å². The minimum Gasteiger partial charge on any atom is -0.441 e. The van der Waals surface area contributed by atoms with Gasteiger partial charge in [0.1, 0.15) is 6.67 Å². The zero-order chi connectivity index (χ0) is 8.43. The topological polar surface area (TPSA) is 52.0 Å². The van der Waals surface area contributed by atoms with Gasteiger partial charge in [0.2, 0.25) is 5.89 Å². The van der Waals surface area contributed by atoms with Gasteiger partial charge in [0.05, 0.1) is 11.7 Å². The Morgan fingerprint density at radius 2 is 2.36 bits per heavy atom. The van der Waals surface area contributed by atoms with Crippen molar-refractivity contribution in [2.75, 3.05) is 0 Å². The minimum atomic E-state index is -0.619. The fourth-order valence-corrected chi connectivity index (χ4v) is 0.769. The second kappa shape index (κ2) is 3.00. The molecule has 0 aliphatic heterocycles. The molecule has 0 saturated heterocycles. The lowest BCUT2D eigenvalue weighted by molar-refractivity contribution is 0.363. The van der Waals surface area contributed by atoms with Crippen molar-refractivity contribution in [1.82, 2.24) is 4.98 Å². The predicted molar refractivity (Wildman–Crippen MR) is 38.7 cm³/mol. The average molecular weight is 158 g/mol. The summed E-state index contributed by atoms with van der Waals surface area (Å²) in [5.41, 5.74) is 6.06. The molecule has 1 heterocycles. The van der Waals surface area contributed by atoms with Crippen LogP contribution in [0.15, 0.2) is 4.42 Å². The van der Waals surface area contributed by atoms with E-state index in [9.17, 15) is 4.39 Å². The van der Waals surface area contributed by atoms with Crippen LogP contribution in [-0.2, 0) is 6.67 Å². The van der Waals surface area contributed by atoms with Gasteiger partial charge in [-0.25, -0.2) is 9.37 Å². The lowest BCUT2D eigenvalue weighted by Crippen LogP contribution is -2.04. The fourth-order valence-electron chi connectivity index (χ4n) is 0.769. The Balaban J connectivity index is 2.95. The van der Waals surface area contributed by atoms with E-state index < -0.39 is 6.67 Å². The second-order valence-electron chi connectivity index (χ2n) is 2.48. The van der Waals surface area contributed by atoms with Gasteiger partial charge in [-0.15, -0.1) is 0 Å². The molecule has 1 aromatic rings. The first kappa shape index (κ1) is 8.20. The SMILES string of the molecule is Cc1nc(C(C)N)oc1CF. The molecule has 0 aliphatic carbocycles. The van der Waals surface area contributed by atoms with Crippen molar-refractivity contribution in [3.05, 3.63) is 17.3 Å². The molecule has 62 valence electrons. The highest BCUT2D eigenvalue weighted by molar-refractivity contribution is 5.07. The molecule has 0 saturated carbocycles. The molecule has 0 amide bonds. The van der Waals surface area contributed by atoms with E-state index in [0.29, 0.717) is 11.6 Å². The Labute approximate surface area is 64.4 Å². The van der Waals surface area contributed by atoms with Gasteiger partial charge in [0.25, 0.3) is 0 Å². The van der Waals surface area contributed by atoms with Gasteiger partial charge in [0.15, 0.2) is 5.76 Å². The first-order valence-corrected chi connectivity index (χ1v) is 3.43. The summed E-state index contributed by atoms with van der Waals surface area (Å²) in [5, 5.41) is 0. The van der Waals surface area contributed by atoms with Crippen molar-refractivity contribution >= 4 is 0 Å². The standard InChI is InChI=1S/C7H11FN2O/c1-4(9)7-10-5(2)6(3-8)11-7/h4H,3,9H2,1-2H3. The van der Waals surface area contributed by atoms with Crippen molar-refractivity contribution in [3.63, 3.8) is 0 Å². The molecule has 3 nitrogen and oxygen atoms in total. The summed E-state index contributed by atoms with van der Waals surface area (Å²) in [6, 6.07) is -0.269. The number of hydrogen-bond donors (Lipinski definition) is 1. The maximum absolute atomic E-state index is 12.1. The van der Waals surface area contributed by atoms with Crippen molar-refractivity contribution in [2.45, 2.75) is 26.6 Å². The molecule has 0 fully saturated rings. The van der Waals surface area contributed by atoms with Gasteiger partial charge >= 0.3 is 0 Å². The maximum atomic E-state index is 12.1. The Kier molecular flexibility index (Phi) is 2.24. The fraction of sp³-hybridized carbons (Fsp3) is 0.571. The lowest BCUT2D eigenvalue weighted by Gasteiger charge is -1.94. The molecule has 0 aromatic carbocycles. The van der Waals surface area contributed by atoms with Crippen LogP contribution in [-0.4, -0.2) is 4.98 Å². The number of oxazole rings is 1. The van der Waals surface area contributed by atoms with Crippen LogP contribution in [0, 0.1) is 6.92 Å². The highest BCUT2D eigenvalue weighted by atomic mass is 19.1. The molecule has 1 rings (SSSR count). The van der Waals surface area contributed by atoms with E-state index in [1.807, 2.05) is 0 Å². The van der Waals surface area contributed by atoms with Crippen LogP contribution >= 0.6 is 0 Å². The largest absolute Gasteiger partial charge is 0.441 e. The molecule has 0 aliphatic rings. The van der Waals surface area contributed by atoms with Gasteiger partial charge in [-0.1, -0.05) is 0 Å². The third kappa shape index (κ3) is 1.57. The average Bonchev–Trinajstić information content (AvgIpc) is 2.31. The molecule has 1 aromatic heterocycles. The van der Waals surface area contributed by atoms with E-state index in [2.05, 4.69) is 4.98 Å². The zero-order valence-corrected chi connectivity index (χ0v) is 6.60. The van der Waals surface area contributed by atoms with Crippen molar-refractivity contribution in [1.29, 1.82) is 0 Å². The number of rotatable bonds is 2. The molecular weight excluding hydrogens is 147 g/mol. The normalized spacial score (nSPS) is 13.5. The van der Waals surface area contributed by atoms with Crippen LogP contribution in [0.25, 0.3) is 0 Å². The number of alkyl halides is 1. The van der Waals surface area contributed by atoms with E-state index in [1.54, 1.807) is 13.8 Å². The third-order valence-electron chi connectivity index (χ3n) is 1.42. The highest BCUT2D eigenvalue weighted by Gasteiger charge is 2.11. The predicted octanol–water partition coefficient (Wildman–Crippen LogP) is 1.47. The van der Waals surface area contributed by atoms with E-state index in [-0.39, 0.29) is 11.8 Å². The number of hydrogen-bond acceptors (Lipinski definition) is 3. The van der Waals surface area contributed by atoms with Crippen LogP contribution in [0.3, 0.4) is 0 Å². The monoisotopic (exact) mass is 158 g/mol. The summed E-state index contributed by atoms with van der Waals surface area (Å²) in [7, 11) is 0. The Morgan fingerprint density at radius 1 is 1.73 bits per heavy atom. The summed E-state index contributed by atoms with van der Waals surface area (Å²) in [4.78, 5) is 3.95. The highest BCUT2D eigenvalue weighted by Crippen LogP contribution is 2.15. The zero-order valence-electron chi connectivity index (χ0n) is 6.60. The third-order valence-corrected chi connectivity index (χ3v) is 1.42. The molecular formula is C7H11FN2O. The first-order chi connectivity index (χ1) is 5.15. The molecule has 0 spiro atoms. The molecule has 4 heteroatoms. The van der Waals surface area contributed by atoms with Gasteiger partial charge in [-0.2, -0.15) is 0 Å². The van der Waals surface area contributed by atoms with E-state index in [1.165, 1.54) is 0 Å². The Bertz CT molecular complexity index is 245. The summed E-state index contributed by atoms with van der Waals surface area (Å²) in [6.45, 7) is 2.82. The van der Waals surface area contributed by atoms with Crippen molar-refractivity contribution in [2.24, 2.45) is 5.73 Å². The Hall–Kier alpha value is -0.900. The number of halogens is 1. The minimum absolute atomic E-state index is 0.269. The summed E-state index contributed by atoms with van der Waals surface area (Å²) >= 11 is 0. The number of nitrogens with zero attached hydrogens (tertiary/aromatic N) is 1. The molecule has 1 unspecified atom stereocenters. The van der Waals surface area contributed by atoms with Gasteiger partial charge < -0.3 is 10.2 Å². The van der Waals surface area contributed by atoms with E-state index in [4.69, 9.17) is 10.2 Å². The lowest BCUT2D eigenvalue weighted by atomic mass is 10.4. The summed E-state index contributed by atoms with van der Waals surface area (Å²) < 4.78 is 17.1. The Morgan fingerprint density at radius 3 is 2.64 bits per heavy atom. The van der Waals surface area contributed by atoms with Crippen molar-refractivity contribution < 1.29 is 8.81 Å². The summed E-state index contributed by atoms with van der Waals surface area (Å²) in [6.07, 6.45) is 0. The number of aryl methyl sites for hydroxylation is 1. The van der Waals surface area contributed by atoms with Crippen molar-refractivity contribution in [3.8, 4) is 0 Å². The number of aromatic nitrogens is 1. The smallest absolute Gasteiger partial charge is 0.211 e. The molecule has 11 heavy (non-hydrogen) atoms. The van der Waals surface area contributed by atoms with Crippen LogP contribution in [0.1, 0.15) is 30.3 Å². The van der Waals surface area contributed by atoms with Gasteiger partial charge in [0, 0.05) is 0 Å². The number of nitrogens with two attached hydrogens (primary N) is 1. The second-order valence-corrected chi connectivity index (χ2v) is 2.48. The molecule has 0 bridgehead atoms. The summed E-state index contributed by atoms with van der Waals surface area (Å²) in [5.74, 6) is 0.674. The van der Waals surface area contributed by atoms with Crippen LogP contribution in [0.5, 0.6) is 0 Å². The quantitative estimate of drug-likeness (QED) is 0.709. The van der Waals surface area contributed by atoms with Crippen LogP contribution in [0.4, 0.5) is 4.39 Å². The van der Waals surface area contributed by atoms with Crippen LogP contribution < -0.4 is 5.73 Å². The maximum Gasteiger partial charge on any atom is 0.211 e. The molecule has 1 atom stereocenters. The van der Waals surface area contributed by atoms with Gasteiger partial charge in [-0.3, -0.25) is 0 Å². The molecule has 0 radical (unpaired) electrons. The first-order valence-electron chi connectivity index (χ1n) is 3.43. The molecule has 2 N–H and O–H groups in total.